The van der Waals surface area contributed by atoms with E-state index in [0.717, 1.165) is 21.6 Å². The lowest BCUT2D eigenvalue weighted by atomic mass is 10.0. The van der Waals surface area contributed by atoms with Gasteiger partial charge in [-0.1, -0.05) is 42.0 Å². The molecule has 3 heteroatoms. The van der Waals surface area contributed by atoms with Gasteiger partial charge in [0.1, 0.15) is 10.8 Å². The highest BCUT2D eigenvalue weighted by atomic mass is 32.1. The van der Waals surface area contributed by atoms with Crippen molar-refractivity contribution in [2.24, 2.45) is 0 Å². The molecule has 0 atom stereocenters. The van der Waals surface area contributed by atoms with Crippen molar-refractivity contribution < 1.29 is 4.79 Å². The summed E-state index contributed by atoms with van der Waals surface area (Å²) in [6.07, 6.45) is 1.84. The highest BCUT2D eigenvalue weighted by Gasteiger charge is 2.09. The van der Waals surface area contributed by atoms with Crippen LogP contribution >= 0.6 is 11.3 Å². The average molecular weight is 295 g/mol. The molecule has 0 bridgehead atoms. The number of aromatic nitrogens is 1. The molecule has 0 N–H and O–H groups in total. The molecule has 3 aromatic rings. The predicted molar refractivity (Wildman–Crippen MR) is 87.8 cm³/mol. The van der Waals surface area contributed by atoms with E-state index in [1.165, 1.54) is 11.1 Å². The van der Waals surface area contributed by atoms with Crippen molar-refractivity contribution in [3.8, 4) is 0 Å². The van der Waals surface area contributed by atoms with E-state index in [2.05, 4.69) is 30.1 Å². The molecule has 0 unspecified atom stereocenters. The number of para-hydroxylation sites is 1. The third-order valence-corrected chi connectivity index (χ3v) is 4.50. The van der Waals surface area contributed by atoms with Gasteiger partial charge in [-0.25, -0.2) is 4.98 Å². The lowest BCUT2D eigenvalue weighted by Gasteiger charge is -2.01. The number of Topliss-reactive ketones (excluding diaryl/α,β-unsaturated/α-hetero) is 1. The van der Waals surface area contributed by atoms with Crippen LogP contribution in [0.5, 0.6) is 0 Å². The summed E-state index contributed by atoms with van der Waals surface area (Å²) in [6.45, 7) is 2.08. The fourth-order valence-electron chi connectivity index (χ4n) is 2.40. The molecule has 1 heterocycles. The molecule has 0 aliphatic heterocycles. The summed E-state index contributed by atoms with van der Waals surface area (Å²) in [4.78, 5) is 16.6. The van der Waals surface area contributed by atoms with Crippen molar-refractivity contribution in [2.75, 3.05) is 0 Å². The Labute approximate surface area is 128 Å². The van der Waals surface area contributed by atoms with Crippen LogP contribution in [-0.2, 0) is 17.6 Å². The van der Waals surface area contributed by atoms with Gasteiger partial charge < -0.3 is 0 Å². The minimum Gasteiger partial charge on any atom is -0.299 e. The Morgan fingerprint density at radius 3 is 2.81 bits per heavy atom. The summed E-state index contributed by atoms with van der Waals surface area (Å²) in [6, 6.07) is 16.4. The standard InChI is InChI=1S/C18H17NOS/c1-13-5-4-6-14(11-13)9-10-15(20)12-18-19-16-7-2-3-8-17(16)21-18/h2-8,11H,9-10,12H2,1H3. The van der Waals surface area contributed by atoms with E-state index in [4.69, 9.17) is 0 Å². The van der Waals surface area contributed by atoms with Gasteiger partial charge in [0.2, 0.25) is 0 Å². The van der Waals surface area contributed by atoms with E-state index in [1.807, 2.05) is 30.3 Å². The molecule has 0 radical (unpaired) electrons. The SMILES string of the molecule is Cc1cccc(CCC(=O)Cc2nc3ccccc3s2)c1. The normalized spacial score (nSPS) is 10.9. The second-order valence-corrected chi connectivity index (χ2v) is 6.40. The Balaban J connectivity index is 1.61. The minimum absolute atomic E-state index is 0.260. The third-order valence-electron chi connectivity index (χ3n) is 3.46. The molecule has 0 spiro atoms. The molecule has 0 saturated carbocycles. The number of benzene rings is 2. The minimum atomic E-state index is 0.260. The van der Waals surface area contributed by atoms with Crippen LogP contribution in [0.4, 0.5) is 0 Å². The Morgan fingerprint density at radius 2 is 2.00 bits per heavy atom. The van der Waals surface area contributed by atoms with Crippen molar-refractivity contribution in [2.45, 2.75) is 26.2 Å². The number of rotatable bonds is 5. The predicted octanol–water partition coefficient (Wildman–Crippen LogP) is 4.35. The topological polar surface area (TPSA) is 30.0 Å². The van der Waals surface area contributed by atoms with Crippen LogP contribution in [0.3, 0.4) is 0 Å². The van der Waals surface area contributed by atoms with E-state index in [1.54, 1.807) is 11.3 Å². The first-order valence-corrected chi connectivity index (χ1v) is 7.94. The molecule has 106 valence electrons. The van der Waals surface area contributed by atoms with Crippen LogP contribution < -0.4 is 0 Å². The fourth-order valence-corrected chi connectivity index (χ4v) is 3.40. The Bertz CT molecular complexity index is 742. The Morgan fingerprint density at radius 1 is 1.14 bits per heavy atom. The zero-order chi connectivity index (χ0) is 14.7. The number of aryl methyl sites for hydroxylation is 2. The van der Waals surface area contributed by atoms with Gasteiger partial charge >= 0.3 is 0 Å². The maximum atomic E-state index is 12.1. The molecule has 0 amide bonds. The maximum Gasteiger partial charge on any atom is 0.140 e. The summed E-state index contributed by atoms with van der Waals surface area (Å²) < 4.78 is 1.15. The zero-order valence-electron chi connectivity index (χ0n) is 12.0. The quantitative estimate of drug-likeness (QED) is 0.700. The number of hydrogen-bond acceptors (Lipinski definition) is 3. The lowest BCUT2D eigenvalue weighted by Crippen LogP contribution is -2.04. The van der Waals surface area contributed by atoms with Crippen LogP contribution in [0.1, 0.15) is 22.6 Å². The van der Waals surface area contributed by atoms with Gasteiger partial charge in [0.15, 0.2) is 0 Å². The van der Waals surface area contributed by atoms with Gasteiger partial charge in [-0.05, 0) is 31.0 Å². The number of thiazole rings is 1. The summed E-state index contributed by atoms with van der Waals surface area (Å²) in [5.74, 6) is 0.260. The Hall–Kier alpha value is -2.00. The third kappa shape index (κ3) is 3.56. The first-order valence-electron chi connectivity index (χ1n) is 7.12. The zero-order valence-corrected chi connectivity index (χ0v) is 12.8. The molecule has 0 fully saturated rings. The Kier molecular flexibility index (Phi) is 4.11. The summed E-state index contributed by atoms with van der Waals surface area (Å²) >= 11 is 1.62. The van der Waals surface area contributed by atoms with Crippen molar-refractivity contribution in [3.63, 3.8) is 0 Å². The van der Waals surface area contributed by atoms with Crippen molar-refractivity contribution in [1.29, 1.82) is 0 Å². The van der Waals surface area contributed by atoms with Gasteiger partial charge in [-0.3, -0.25) is 4.79 Å². The molecule has 0 aliphatic rings. The summed E-state index contributed by atoms with van der Waals surface area (Å²) in [7, 11) is 0. The summed E-state index contributed by atoms with van der Waals surface area (Å²) in [5, 5.41) is 0.922. The van der Waals surface area contributed by atoms with E-state index in [0.29, 0.717) is 12.8 Å². The van der Waals surface area contributed by atoms with Gasteiger partial charge in [0, 0.05) is 6.42 Å². The lowest BCUT2D eigenvalue weighted by molar-refractivity contribution is -0.118. The summed E-state index contributed by atoms with van der Waals surface area (Å²) in [5.41, 5.74) is 3.46. The van der Waals surface area contributed by atoms with Crippen LogP contribution in [0.25, 0.3) is 10.2 Å². The smallest absolute Gasteiger partial charge is 0.140 e. The number of carbonyl (C=O) groups is 1. The van der Waals surface area contributed by atoms with Crippen molar-refractivity contribution in [3.05, 3.63) is 64.7 Å². The number of ketones is 1. The van der Waals surface area contributed by atoms with Crippen LogP contribution in [0.15, 0.2) is 48.5 Å². The van der Waals surface area contributed by atoms with E-state index >= 15 is 0 Å². The average Bonchev–Trinajstić information content (AvgIpc) is 2.87. The number of hydrogen-bond donors (Lipinski definition) is 0. The second kappa shape index (κ2) is 6.19. The van der Waals surface area contributed by atoms with Gasteiger partial charge in [0.25, 0.3) is 0 Å². The monoisotopic (exact) mass is 295 g/mol. The maximum absolute atomic E-state index is 12.1. The number of nitrogens with zero attached hydrogens (tertiary/aromatic N) is 1. The van der Waals surface area contributed by atoms with E-state index in [-0.39, 0.29) is 5.78 Å². The molecule has 21 heavy (non-hydrogen) atoms. The van der Waals surface area contributed by atoms with Crippen LogP contribution in [0.2, 0.25) is 0 Å². The van der Waals surface area contributed by atoms with Gasteiger partial charge in [-0.2, -0.15) is 0 Å². The molecule has 2 aromatic carbocycles. The first kappa shape index (κ1) is 14.0. The van der Waals surface area contributed by atoms with Crippen molar-refractivity contribution >= 4 is 27.3 Å². The first-order chi connectivity index (χ1) is 10.2. The second-order valence-electron chi connectivity index (χ2n) is 5.28. The molecule has 1 aromatic heterocycles. The number of fused-ring (bicyclic) bond motifs is 1. The molecule has 0 aliphatic carbocycles. The number of carbonyl (C=O) groups excluding carboxylic acids is 1. The molecule has 3 rings (SSSR count). The van der Waals surface area contributed by atoms with Gasteiger partial charge in [-0.15, -0.1) is 11.3 Å². The van der Waals surface area contributed by atoms with Crippen molar-refractivity contribution in [1.82, 2.24) is 4.98 Å². The highest BCUT2D eigenvalue weighted by molar-refractivity contribution is 7.18. The molecular formula is C18H17NOS. The largest absolute Gasteiger partial charge is 0.299 e. The van der Waals surface area contributed by atoms with E-state index < -0.39 is 0 Å². The van der Waals surface area contributed by atoms with Crippen LogP contribution in [0, 0.1) is 6.92 Å². The highest BCUT2D eigenvalue weighted by Crippen LogP contribution is 2.22. The molecule has 0 saturated heterocycles. The van der Waals surface area contributed by atoms with Gasteiger partial charge in [0.05, 0.1) is 16.6 Å². The van der Waals surface area contributed by atoms with E-state index in [9.17, 15) is 4.79 Å². The molecular weight excluding hydrogens is 278 g/mol. The van der Waals surface area contributed by atoms with Crippen LogP contribution in [-0.4, -0.2) is 10.8 Å². The molecule has 2 nitrogen and oxygen atoms in total. The fraction of sp³-hybridized carbons (Fsp3) is 0.222.